The summed E-state index contributed by atoms with van der Waals surface area (Å²) in [4.78, 5) is 27.9. The van der Waals surface area contributed by atoms with Gasteiger partial charge in [-0.2, -0.15) is 0 Å². The molecule has 0 spiro atoms. The summed E-state index contributed by atoms with van der Waals surface area (Å²) in [5, 5.41) is 0. The smallest absolute Gasteiger partial charge is 0.246 e. The van der Waals surface area contributed by atoms with Crippen LogP contribution in [-0.2, 0) is 9.59 Å². The maximum Gasteiger partial charge on any atom is 0.246 e. The van der Waals surface area contributed by atoms with Gasteiger partial charge in [-0.05, 0) is 29.7 Å². The topological polar surface area (TPSA) is 40.6 Å². The lowest BCUT2D eigenvalue weighted by Crippen LogP contribution is -2.41. The first-order chi connectivity index (χ1) is 11.4. The number of carbonyl (C=O) groups is 2. The predicted octanol–water partition coefficient (Wildman–Crippen LogP) is 3.83. The third-order valence-electron chi connectivity index (χ3n) is 4.04. The van der Waals surface area contributed by atoms with Gasteiger partial charge in [-0.25, -0.2) is 0 Å². The van der Waals surface area contributed by atoms with E-state index in [2.05, 4.69) is 13.8 Å². The van der Waals surface area contributed by atoms with Crippen LogP contribution in [0.3, 0.4) is 0 Å². The minimum Gasteiger partial charge on any atom is -0.314 e. The molecule has 0 aliphatic carbocycles. The Morgan fingerprint density at radius 3 is 2.12 bits per heavy atom. The number of likely N-dealkylation sites (N-methyl/N-ethyl adjacent to an activating group) is 1. The highest BCUT2D eigenvalue weighted by molar-refractivity contribution is 6.03. The van der Waals surface area contributed by atoms with Gasteiger partial charge >= 0.3 is 0 Å². The van der Waals surface area contributed by atoms with Crippen molar-refractivity contribution in [3.8, 4) is 0 Å². The van der Waals surface area contributed by atoms with Crippen LogP contribution in [0, 0.1) is 0 Å². The zero-order valence-corrected chi connectivity index (χ0v) is 14.7. The Labute approximate surface area is 143 Å². The van der Waals surface area contributed by atoms with Gasteiger partial charge in [0, 0.05) is 25.3 Å². The van der Waals surface area contributed by atoms with Crippen LogP contribution >= 0.6 is 0 Å². The summed E-state index contributed by atoms with van der Waals surface area (Å²) in [7, 11) is 1.73. The third kappa shape index (κ3) is 4.02. The van der Waals surface area contributed by atoms with Gasteiger partial charge in [0.2, 0.25) is 11.8 Å². The van der Waals surface area contributed by atoms with E-state index in [4.69, 9.17) is 0 Å². The highest BCUT2D eigenvalue weighted by Gasteiger charge is 2.21. The molecule has 4 nitrogen and oxygen atoms in total. The summed E-state index contributed by atoms with van der Waals surface area (Å²) in [6.07, 6.45) is 0. The molecule has 2 amide bonds. The average molecular weight is 324 g/mol. The highest BCUT2D eigenvalue weighted by atomic mass is 16.2. The van der Waals surface area contributed by atoms with Crippen LogP contribution in [0.2, 0.25) is 0 Å². The zero-order chi connectivity index (χ0) is 17.7. The molecule has 126 valence electrons. The number of hydrogen-bond donors (Lipinski definition) is 0. The van der Waals surface area contributed by atoms with E-state index in [1.54, 1.807) is 16.8 Å². The van der Waals surface area contributed by atoms with Crippen molar-refractivity contribution < 1.29 is 9.59 Å². The third-order valence-corrected chi connectivity index (χ3v) is 4.04. The number of anilines is 2. The summed E-state index contributed by atoms with van der Waals surface area (Å²) < 4.78 is 0. The first-order valence-electron chi connectivity index (χ1n) is 8.10. The number of amides is 2. The number of benzene rings is 2. The van der Waals surface area contributed by atoms with Crippen LogP contribution in [0.5, 0.6) is 0 Å². The molecular weight excluding hydrogens is 300 g/mol. The maximum atomic E-state index is 12.6. The molecule has 0 unspecified atom stereocenters. The second-order valence-corrected chi connectivity index (χ2v) is 6.11. The van der Waals surface area contributed by atoms with Gasteiger partial charge in [0.1, 0.15) is 6.54 Å². The van der Waals surface area contributed by atoms with Gasteiger partial charge in [-0.3, -0.25) is 9.59 Å². The fourth-order valence-electron chi connectivity index (χ4n) is 2.62. The van der Waals surface area contributed by atoms with E-state index in [1.807, 2.05) is 54.6 Å². The first-order valence-corrected chi connectivity index (χ1v) is 8.10. The molecule has 24 heavy (non-hydrogen) atoms. The Kier molecular flexibility index (Phi) is 5.74. The quantitative estimate of drug-likeness (QED) is 0.839. The summed E-state index contributed by atoms with van der Waals surface area (Å²) in [6, 6.07) is 17.2. The molecule has 0 N–H and O–H groups in total. The fourth-order valence-corrected chi connectivity index (χ4v) is 2.62. The monoisotopic (exact) mass is 324 g/mol. The molecule has 0 saturated carbocycles. The van der Waals surface area contributed by atoms with E-state index >= 15 is 0 Å². The molecule has 0 fully saturated rings. The molecule has 2 aromatic carbocycles. The van der Waals surface area contributed by atoms with Gasteiger partial charge in [-0.15, -0.1) is 0 Å². The maximum absolute atomic E-state index is 12.6. The SMILES string of the molecule is CC(=O)N(CC(=O)N(C)c1ccccc1)c1ccccc1C(C)C. The first kappa shape index (κ1) is 17.7. The van der Waals surface area contributed by atoms with E-state index in [0.29, 0.717) is 0 Å². The van der Waals surface area contributed by atoms with Gasteiger partial charge in [0.15, 0.2) is 0 Å². The van der Waals surface area contributed by atoms with Crippen molar-refractivity contribution in [2.45, 2.75) is 26.7 Å². The number of para-hydroxylation sites is 2. The molecule has 0 aromatic heterocycles. The number of carbonyl (C=O) groups excluding carboxylic acids is 2. The Balaban J connectivity index is 2.27. The second-order valence-electron chi connectivity index (χ2n) is 6.11. The zero-order valence-electron chi connectivity index (χ0n) is 14.7. The van der Waals surface area contributed by atoms with E-state index in [0.717, 1.165) is 16.9 Å². The molecule has 0 heterocycles. The van der Waals surface area contributed by atoms with Gasteiger partial charge in [-0.1, -0.05) is 50.2 Å². The number of nitrogens with zero attached hydrogens (tertiary/aromatic N) is 2. The van der Waals surface area contributed by atoms with Crippen LogP contribution in [0.4, 0.5) is 11.4 Å². The van der Waals surface area contributed by atoms with E-state index in [9.17, 15) is 9.59 Å². The molecule has 0 aliphatic heterocycles. The summed E-state index contributed by atoms with van der Waals surface area (Å²) in [5.74, 6) is -0.00197. The van der Waals surface area contributed by atoms with Crippen molar-refractivity contribution >= 4 is 23.2 Å². The molecule has 2 rings (SSSR count). The summed E-state index contributed by atoms with van der Waals surface area (Å²) in [6.45, 7) is 5.67. The number of rotatable bonds is 5. The van der Waals surface area contributed by atoms with Crippen molar-refractivity contribution in [3.05, 3.63) is 60.2 Å². The Hall–Kier alpha value is -2.62. The Morgan fingerprint density at radius 2 is 1.54 bits per heavy atom. The highest BCUT2D eigenvalue weighted by Crippen LogP contribution is 2.27. The molecular formula is C20H24N2O2. The molecule has 0 saturated heterocycles. The molecule has 4 heteroatoms. The lowest BCUT2D eigenvalue weighted by molar-refractivity contribution is -0.121. The lowest BCUT2D eigenvalue weighted by atomic mass is 10.0. The molecule has 0 atom stereocenters. The van der Waals surface area contributed by atoms with Gasteiger partial charge < -0.3 is 9.80 Å². The minimum atomic E-state index is -0.141. The molecule has 0 radical (unpaired) electrons. The summed E-state index contributed by atoms with van der Waals surface area (Å²) >= 11 is 0. The van der Waals surface area contributed by atoms with Crippen LogP contribution in [0.1, 0.15) is 32.3 Å². The van der Waals surface area contributed by atoms with E-state index < -0.39 is 0 Å². The average Bonchev–Trinajstić information content (AvgIpc) is 2.59. The van der Waals surface area contributed by atoms with Crippen LogP contribution in [-0.4, -0.2) is 25.4 Å². The normalized spacial score (nSPS) is 10.5. The minimum absolute atomic E-state index is 0.0183. The van der Waals surface area contributed by atoms with Crippen molar-refractivity contribution in [2.75, 3.05) is 23.4 Å². The van der Waals surface area contributed by atoms with Crippen LogP contribution in [0.15, 0.2) is 54.6 Å². The van der Waals surface area contributed by atoms with Crippen LogP contribution in [0.25, 0.3) is 0 Å². The van der Waals surface area contributed by atoms with Crippen molar-refractivity contribution in [3.63, 3.8) is 0 Å². The van der Waals surface area contributed by atoms with Crippen molar-refractivity contribution in [1.82, 2.24) is 0 Å². The van der Waals surface area contributed by atoms with Gasteiger partial charge in [0.25, 0.3) is 0 Å². The van der Waals surface area contributed by atoms with Gasteiger partial charge in [0.05, 0.1) is 0 Å². The largest absolute Gasteiger partial charge is 0.314 e. The Morgan fingerprint density at radius 1 is 0.958 bits per heavy atom. The standard InChI is InChI=1S/C20H24N2O2/c1-15(2)18-12-8-9-13-19(18)22(16(3)23)14-20(24)21(4)17-10-6-5-7-11-17/h5-13,15H,14H2,1-4H3. The summed E-state index contributed by atoms with van der Waals surface area (Å²) in [5.41, 5.74) is 2.67. The molecule has 2 aromatic rings. The molecule has 0 aliphatic rings. The second kappa shape index (κ2) is 7.77. The van der Waals surface area contributed by atoms with E-state index in [1.165, 1.54) is 6.92 Å². The molecule has 0 bridgehead atoms. The van der Waals surface area contributed by atoms with Crippen LogP contribution < -0.4 is 9.80 Å². The lowest BCUT2D eigenvalue weighted by Gasteiger charge is -2.27. The van der Waals surface area contributed by atoms with E-state index in [-0.39, 0.29) is 24.3 Å². The number of hydrogen-bond acceptors (Lipinski definition) is 2. The Bertz CT molecular complexity index is 711. The van der Waals surface area contributed by atoms with Crippen molar-refractivity contribution in [2.24, 2.45) is 0 Å². The predicted molar refractivity (Wildman–Crippen MR) is 98.4 cm³/mol. The fraction of sp³-hybridized carbons (Fsp3) is 0.300. The van der Waals surface area contributed by atoms with Crippen molar-refractivity contribution in [1.29, 1.82) is 0 Å².